The van der Waals surface area contributed by atoms with Crippen molar-refractivity contribution in [3.8, 4) is 0 Å². The fraction of sp³-hybridized carbons (Fsp3) is 0.630. The summed E-state index contributed by atoms with van der Waals surface area (Å²) < 4.78 is 7.18. The van der Waals surface area contributed by atoms with Crippen LogP contribution >= 0.6 is 0 Å². The van der Waals surface area contributed by atoms with E-state index in [1.165, 1.54) is 17.6 Å². The van der Waals surface area contributed by atoms with Crippen molar-refractivity contribution in [2.75, 3.05) is 19.4 Å². The maximum absolute atomic E-state index is 13.0. The van der Waals surface area contributed by atoms with Gasteiger partial charge in [0.25, 0.3) is 0 Å². The van der Waals surface area contributed by atoms with Gasteiger partial charge < -0.3 is 15.0 Å². The molecule has 172 valence electrons. The van der Waals surface area contributed by atoms with Gasteiger partial charge in [-0.2, -0.15) is 0 Å². The van der Waals surface area contributed by atoms with Crippen LogP contribution in [0, 0.1) is 11.8 Å². The molecule has 32 heavy (non-hydrogen) atoms. The van der Waals surface area contributed by atoms with Gasteiger partial charge in [0.2, 0.25) is 5.91 Å². The van der Waals surface area contributed by atoms with Crippen molar-refractivity contribution in [3.05, 3.63) is 47.8 Å². The molecule has 1 saturated heterocycles. The Bertz CT molecular complexity index is 924. The Kier molecular flexibility index (Phi) is 5.75. The lowest BCUT2D eigenvalue weighted by Crippen LogP contribution is -2.50. The molecule has 1 saturated carbocycles. The number of pyridine rings is 1. The van der Waals surface area contributed by atoms with Crippen molar-refractivity contribution < 1.29 is 9.53 Å². The maximum atomic E-state index is 13.0. The van der Waals surface area contributed by atoms with E-state index in [2.05, 4.69) is 48.4 Å². The predicted molar refractivity (Wildman–Crippen MR) is 127 cm³/mol. The number of ether oxygens (including phenoxy) is 1. The van der Waals surface area contributed by atoms with Crippen LogP contribution in [-0.2, 0) is 9.53 Å². The summed E-state index contributed by atoms with van der Waals surface area (Å²) in [6.07, 6.45) is 17.8. The highest BCUT2D eigenvalue weighted by atomic mass is 16.5. The molecule has 5 atom stereocenters. The first-order valence-electron chi connectivity index (χ1n) is 12.4. The summed E-state index contributed by atoms with van der Waals surface area (Å²) >= 11 is 0. The van der Waals surface area contributed by atoms with Gasteiger partial charge in [0.1, 0.15) is 0 Å². The summed E-state index contributed by atoms with van der Waals surface area (Å²) in [5.41, 5.74) is 3.45. The molecule has 1 aromatic rings. The van der Waals surface area contributed by atoms with Gasteiger partial charge in [-0.15, -0.1) is 0 Å². The number of hydrogen-bond acceptors (Lipinski definition) is 4. The molecule has 1 amide bonds. The largest absolute Gasteiger partial charge is 0.359 e. The molecule has 2 aliphatic carbocycles. The van der Waals surface area contributed by atoms with E-state index in [4.69, 9.17) is 4.74 Å². The monoisotopic (exact) mass is 435 g/mol. The molecule has 1 N–H and O–H groups in total. The molecule has 2 spiro atoms. The van der Waals surface area contributed by atoms with Crippen LogP contribution in [-0.4, -0.2) is 47.1 Å². The summed E-state index contributed by atoms with van der Waals surface area (Å²) in [4.78, 5) is 19.5. The van der Waals surface area contributed by atoms with Crippen molar-refractivity contribution in [2.45, 2.75) is 82.0 Å². The number of carbonyl (C=O) groups excluding carboxylic acids is 1. The van der Waals surface area contributed by atoms with Gasteiger partial charge in [0.05, 0.1) is 23.1 Å². The summed E-state index contributed by atoms with van der Waals surface area (Å²) in [7, 11) is 4.41. The van der Waals surface area contributed by atoms with Crippen LogP contribution in [0.4, 0.5) is 5.69 Å². The molecule has 4 aliphatic rings. The lowest BCUT2D eigenvalue weighted by Gasteiger charge is -2.49. The van der Waals surface area contributed by atoms with E-state index in [0.717, 1.165) is 57.1 Å². The molecule has 2 unspecified atom stereocenters. The molecule has 5 heteroatoms. The maximum Gasteiger partial charge on any atom is 0.227 e. The van der Waals surface area contributed by atoms with E-state index in [1.54, 1.807) is 12.4 Å². The zero-order chi connectivity index (χ0) is 22.3. The van der Waals surface area contributed by atoms with Crippen LogP contribution < -0.4 is 5.32 Å². The quantitative estimate of drug-likeness (QED) is 0.716. The van der Waals surface area contributed by atoms with Gasteiger partial charge >= 0.3 is 0 Å². The Morgan fingerprint density at radius 2 is 2.09 bits per heavy atom. The Morgan fingerprint density at radius 3 is 2.88 bits per heavy atom. The van der Waals surface area contributed by atoms with Crippen molar-refractivity contribution in [3.63, 3.8) is 0 Å². The molecule has 2 bridgehead atoms. The lowest BCUT2D eigenvalue weighted by molar-refractivity contribution is -0.122. The molecule has 2 aliphatic heterocycles. The molecular weight excluding hydrogens is 398 g/mol. The normalized spacial score (nSPS) is 38.3. The number of allylic oxidation sites excluding steroid dienone is 1. The minimum absolute atomic E-state index is 0.0227. The summed E-state index contributed by atoms with van der Waals surface area (Å²) in [5, 5.41) is 3.07. The molecule has 0 radical (unpaired) electrons. The second kappa shape index (κ2) is 8.42. The van der Waals surface area contributed by atoms with Gasteiger partial charge in [-0.05, 0) is 101 Å². The minimum atomic E-state index is -0.174. The first-order valence-corrected chi connectivity index (χ1v) is 12.4. The number of nitrogens with one attached hydrogen (secondary N) is 1. The second-order valence-electron chi connectivity index (χ2n) is 10.7. The molecule has 3 heterocycles. The summed E-state index contributed by atoms with van der Waals surface area (Å²) in [6, 6.07) is 4.36. The molecule has 0 aromatic carbocycles. The molecule has 1 aromatic heterocycles. The van der Waals surface area contributed by atoms with Crippen molar-refractivity contribution in [1.29, 1.82) is 0 Å². The highest BCUT2D eigenvalue weighted by molar-refractivity contribution is 5.92. The zero-order valence-electron chi connectivity index (χ0n) is 19.8. The molecule has 5 rings (SSSR count). The van der Waals surface area contributed by atoms with Gasteiger partial charge in [0, 0.05) is 18.2 Å². The van der Waals surface area contributed by atoms with Crippen molar-refractivity contribution >= 4 is 11.6 Å². The number of amides is 1. The predicted octanol–water partition coefficient (Wildman–Crippen LogP) is 5.11. The zero-order valence-corrected chi connectivity index (χ0v) is 19.8. The average molecular weight is 436 g/mol. The third kappa shape index (κ3) is 3.73. The van der Waals surface area contributed by atoms with Crippen LogP contribution in [0.15, 0.2) is 47.8 Å². The van der Waals surface area contributed by atoms with Crippen LogP contribution in [0.5, 0.6) is 0 Å². The fourth-order valence-corrected chi connectivity index (χ4v) is 6.60. The SMILES string of the molecule is C[C@H]1CCC(C(=O)Nc2cccnc2)CC/C=C2/C=C3CCC(N(C)C)C[C@]34CC[C@@]21O4. The van der Waals surface area contributed by atoms with Crippen LogP contribution in [0.25, 0.3) is 0 Å². The van der Waals surface area contributed by atoms with Crippen LogP contribution in [0.3, 0.4) is 0 Å². The number of nitrogens with zero attached hydrogens (tertiary/aromatic N) is 2. The molecule has 5 nitrogen and oxygen atoms in total. The average Bonchev–Trinajstić information content (AvgIpc) is 3.13. The highest BCUT2D eigenvalue weighted by Gasteiger charge is 2.59. The van der Waals surface area contributed by atoms with E-state index in [1.807, 2.05) is 12.1 Å². The Hall–Kier alpha value is -1.98. The number of anilines is 1. The second-order valence-corrected chi connectivity index (χ2v) is 10.7. The number of aromatic nitrogens is 1. The van der Waals surface area contributed by atoms with Crippen LogP contribution in [0.1, 0.15) is 64.7 Å². The third-order valence-electron chi connectivity index (χ3n) is 8.65. The number of hydrogen-bond donors (Lipinski definition) is 1. The standard InChI is InChI=1S/C27H37N3O2/c1-19-9-10-20(25(31)29-23-8-5-15-28-18-23)6-4-7-22-16-21-11-12-24(30(2)3)17-26(21)13-14-27(19,22)32-26/h5,7-8,15-16,18-20,24H,4,6,9-14,17H2,1-3H3,(H,29,31)/b22-7-/t19-,20?,24?,26+,27-/m0/s1. The van der Waals surface area contributed by atoms with E-state index in [0.29, 0.717) is 12.0 Å². The molecule has 2 fully saturated rings. The Morgan fingerprint density at radius 1 is 1.22 bits per heavy atom. The number of carbonyl (C=O) groups is 1. The van der Waals surface area contributed by atoms with E-state index in [-0.39, 0.29) is 23.0 Å². The van der Waals surface area contributed by atoms with Gasteiger partial charge in [-0.3, -0.25) is 9.78 Å². The van der Waals surface area contributed by atoms with E-state index >= 15 is 0 Å². The van der Waals surface area contributed by atoms with Crippen LogP contribution in [0.2, 0.25) is 0 Å². The van der Waals surface area contributed by atoms with Gasteiger partial charge in [0.15, 0.2) is 0 Å². The van der Waals surface area contributed by atoms with E-state index in [9.17, 15) is 4.79 Å². The van der Waals surface area contributed by atoms with E-state index < -0.39 is 0 Å². The van der Waals surface area contributed by atoms with Crippen molar-refractivity contribution in [1.82, 2.24) is 9.88 Å². The van der Waals surface area contributed by atoms with Gasteiger partial charge in [-0.25, -0.2) is 0 Å². The van der Waals surface area contributed by atoms with Gasteiger partial charge in [-0.1, -0.05) is 19.1 Å². The number of rotatable bonds is 3. The Labute approximate surface area is 192 Å². The first-order chi connectivity index (χ1) is 15.4. The topological polar surface area (TPSA) is 54.5 Å². The minimum Gasteiger partial charge on any atom is -0.359 e. The highest BCUT2D eigenvalue weighted by Crippen LogP contribution is 2.59. The summed E-state index contributed by atoms with van der Waals surface area (Å²) in [5.74, 6) is 0.544. The third-order valence-corrected chi connectivity index (χ3v) is 8.65. The lowest BCUT2D eigenvalue weighted by atomic mass is 9.74. The first kappa shape index (κ1) is 21.8. The van der Waals surface area contributed by atoms with Crippen molar-refractivity contribution in [2.24, 2.45) is 11.8 Å². The summed E-state index contributed by atoms with van der Waals surface area (Å²) in [6.45, 7) is 2.35. The smallest absolute Gasteiger partial charge is 0.227 e. The molecular formula is C27H37N3O2. The fourth-order valence-electron chi connectivity index (χ4n) is 6.60. The Balaban J connectivity index is 1.36.